The highest BCUT2D eigenvalue weighted by Crippen LogP contribution is 2.53. The number of benzene rings is 1. The summed E-state index contributed by atoms with van der Waals surface area (Å²) in [6.07, 6.45) is 5.32. The minimum absolute atomic E-state index is 0.129. The smallest absolute Gasteiger partial charge is 0.310 e. The molecule has 0 aromatic heterocycles. The van der Waals surface area contributed by atoms with Gasteiger partial charge in [0.1, 0.15) is 5.75 Å². The molecule has 0 spiro atoms. The van der Waals surface area contributed by atoms with Crippen LogP contribution in [0.1, 0.15) is 19.8 Å². The molecule has 118 valence electrons. The number of fused-ring (bicyclic) bond motifs is 5. The number of imide groups is 1. The van der Waals surface area contributed by atoms with Crippen LogP contribution in [-0.4, -0.2) is 17.8 Å². The molecule has 23 heavy (non-hydrogen) atoms. The first kappa shape index (κ1) is 14.2. The summed E-state index contributed by atoms with van der Waals surface area (Å²) in [5.74, 6) is -0.320. The van der Waals surface area contributed by atoms with Crippen LogP contribution in [0.5, 0.6) is 5.75 Å². The number of hydrogen-bond donors (Lipinski definition) is 0. The third kappa shape index (κ3) is 2.03. The van der Waals surface area contributed by atoms with Crippen molar-refractivity contribution in [2.75, 3.05) is 4.90 Å². The second-order valence-corrected chi connectivity index (χ2v) is 6.34. The van der Waals surface area contributed by atoms with Gasteiger partial charge in [-0.05, 0) is 30.4 Å². The van der Waals surface area contributed by atoms with Crippen molar-refractivity contribution < 1.29 is 19.1 Å². The van der Waals surface area contributed by atoms with Crippen LogP contribution >= 0.6 is 0 Å². The molecule has 2 amide bonds. The molecule has 2 bridgehead atoms. The van der Waals surface area contributed by atoms with Gasteiger partial charge in [-0.3, -0.25) is 14.4 Å². The fourth-order valence-electron chi connectivity index (χ4n) is 4.05. The Balaban J connectivity index is 1.64. The number of hydrogen-bond acceptors (Lipinski definition) is 4. The minimum atomic E-state index is -0.347. The maximum absolute atomic E-state index is 12.7. The predicted octanol–water partition coefficient (Wildman–Crippen LogP) is 2.31. The van der Waals surface area contributed by atoms with Gasteiger partial charge in [-0.15, -0.1) is 0 Å². The van der Waals surface area contributed by atoms with Crippen LogP contribution in [0.15, 0.2) is 36.4 Å². The van der Waals surface area contributed by atoms with Crippen LogP contribution in [0.25, 0.3) is 0 Å². The number of nitrogens with zero attached hydrogens (tertiary/aromatic N) is 1. The van der Waals surface area contributed by atoms with Gasteiger partial charge in [-0.2, -0.15) is 0 Å². The van der Waals surface area contributed by atoms with Gasteiger partial charge >= 0.3 is 5.97 Å². The van der Waals surface area contributed by atoms with E-state index >= 15 is 0 Å². The first-order valence-electron chi connectivity index (χ1n) is 7.97. The molecule has 4 rings (SSSR count). The summed E-state index contributed by atoms with van der Waals surface area (Å²) in [7, 11) is 0. The van der Waals surface area contributed by atoms with Crippen LogP contribution in [0.2, 0.25) is 0 Å². The molecule has 0 N–H and O–H groups in total. The van der Waals surface area contributed by atoms with Gasteiger partial charge in [0.25, 0.3) is 0 Å². The van der Waals surface area contributed by atoms with Crippen molar-refractivity contribution in [3.8, 4) is 5.75 Å². The number of ether oxygens (including phenoxy) is 1. The predicted molar refractivity (Wildman–Crippen MR) is 82.6 cm³/mol. The molecule has 1 aromatic carbocycles. The molecule has 1 aliphatic heterocycles. The van der Waals surface area contributed by atoms with E-state index in [9.17, 15) is 14.4 Å². The van der Waals surface area contributed by atoms with Crippen LogP contribution in [0, 0.1) is 23.7 Å². The molecule has 1 aromatic rings. The molecule has 4 atom stereocenters. The minimum Gasteiger partial charge on any atom is -0.426 e. The number of carbonyl (C=O) groups excluding carboxylic acids is 3. The molecule has 0 unspecified atom stereocenters. The first-order chi connectivity index (χ1) is 11.1. The highest BCUT2D eigenvalue weighted by Gasteiger charge is 2.59. The molecule has 5 nitrogen and oxygen atoms in total. The fourth-order valence-corrected chi connectivity index (χ4v) is 4.05. The van der Waals surface area contributed by atoms with E-state index in [2.05, 4.69) is 12.2 Å². The normalized spacial score (nSPS) is 30.9. The highest BCUT2D eigenvalue weighted by molar-refractivity contribution is 6.22. The summed E-state index contributed by atoms with van der Waals surface area (Å²) in [5.41, 5.74) is 0.482. The summed E-state index contributed by atoms with van der Waals surface area (Å²) in [4.78, 5) is 38.2. The average molecular weight is 311 g/mol. The zero-order valence-electron chi connectivity index (χ0n) is 12.8. The largest absolute Gasteiger partial charge is 0.426 e. The molecule has 1 saturated carbocycles. The monoisotopic (exact) mass is 311 g/mol. The van der Waals surface area contributed by atoms with Crippen LogP contribution in [0.3, 0.4) is 0 Å². The van der Waals surface area contributed by atoms with E-state index in [4.69, 9.17) is 4.74 Å². The zero-order valence-corrected chi connectivity index (χ0v) is 12.8. The molecule has 5 heteroatoms. The van der Waals surface area contributed by atoms with Gasteiger partial charge in [-0.25, -0.2) is 4.90 Å². The SMILES string of the molecule is CCC(=O)Oc1cccc(N2C(=O)[C@@H]3[C@H](C2=O)[C@H]2C=C[C@@H]3C2)c1. The number of esters is 1. The Morgan fingerprint density at radius 1 is 1.17 bits per heavy atom. The second-order valence-electron chi connectivity index (χ2n) is 6.34. The average Bonchev–Trinajstić information content (AvgIpc) is 3.21. The lowest BCUT2D eigenvalue weighted by Gasteiger charge is -2.17. The lowest BCUT2D eigenvalue weighted by Crippen LogP contribution is -2.32. The Bertz CT molecular complexity index is 708. The van der Waals surface area contributed by atoms with Crippen molar-refractivity contribution in [3.63, 3.8) is 0 Å². The number of rotatable bonds is 3. The number of amides is 2. The number of anilines is 1. The lowest BCUT2D eigenvalue weighted by molar-refractivity contribution is -0.134. The number of carbonyl (C=O) groups is 3. The third-order valence-corrected chi connectivity index (χ3v) is 5.07. The Kier molecular flexibility index (Phi) is 3.11. The Morgan fingerprint density at radius 2 is 1.83 bits per heavy atom. The van der Waals surface area contributed by atoms with Crippen molar-refractivity contribution in [3.05, 3.63) is 36.4 Å². The quantitative estimate of drug-likeness (QED) is 0.372. The highest BCUT2D eigenvalue weighted by atomic mass is 16.5. The lowest BCUT2D eigenvalue weighted by atomic mass is 9.85. The van der Waals surface area contributed by atoms with Gasteiger partial charge in [0, 0.05) is 12.5 Å². The van der Waals surface area contributed by atoms with Gasteiger partial charge in [0.15, 0.2) is 0 Å². The van der Waals surface area contributed by atoms with Gasteiger partial charge < -0.3 is 4.74 Å². The summed E-state index contributed by atoms with van der Waals surface area (Å²) in [5, 5.41) is 0. The fraction of sp³-hybridized carbons (Fsp3) is 0.389. The van der Waals surface area contributed by atoms with Gasteiger partial charge in [0.2, 0.25) is 11.8 Å². The van der Waals surface area contributed by atoms with Crippen molar-refractivity contribution >= 4 is 23.5 Å². The third-order valence-electron chi connectivity index (χ3n) is 5.07. The number of allylic oxidation sites excluding steroid dienone is 2. The molecule has 1 heterocycles. The standard InChI is InChI=1S/C18H17NO4/c1-2-14(20)23-13-5-3-4-12(9-13)19-17(21)15-10-6-7-11(8-10)16(15)18(19)22/h3-7,9-11,15-16H,2,8H2,1H3/t10-,11+,15+,16-. The van der Waals surface area contributed by atoms with E-state index < -0.39 is 0 Å². The van der Waals surface area contributed by atoms with E-state index in [1.807, 2.05) is 0 Å². The van der Waals surface area contributed by atoms with E-state index in [0.29, 0.717) is 11.4 Å². The second kappa shape index (κ2) is 5.05. The van der Waals surface area contributed by atoms with Gasteiger partial charge in [-0.1, -0.05) is 25.1 Å². The Labute approximate surface area is 133 Å². The van der Waals surface area contributed by atoms with Crippen LogP contribution in [0.4, 0.5) is 5.69 Å². The summed E-state index contributed by atoms with van der Waals surface area (Å²) >= 11 is 0. The van der Waals surface area contributed by atoms with E-state index in [1.165, 1.54) is 4.90 Å². The van der Waals surface area contributed by atoms with Crippen LogP contribution < -0.4 is 9.64 Å². The maximum atomic E-state index is 12.7. The molecule has 2 aliphatic carbocycles. The molecular formula is C18H17NO4. The topological polar surface area (TPSA) is 63.7 Å². The molecule has 1 saturated heterocycles. The summed E-state index contributed by atoms with van der Waals surface area (Å²) in [6, 6.07) is 6.62. The van der Waals surface area contributed by atoms with E-state index in [-0.39, 0.29) is 47.9 Å². The van der Waals surface area contributed by atoms with Crippen molar-refractivity contribution in [1.29, 1.82) is 0 Å². The van der Waals surface area contributed by atoms with Crippen molar-refractivity contribution in [2.45, 2.75) is 19.8 Å². The molecule has 0 radical (unpaired) electrons. The van der Waals surface area contributed by atoms with Crippen molar-refractivity contribution in [2.24, 2.45) is 23.7 Å². The molecule has 2 fully saturated rings. The Morgan fingerprint density at radius 3 is 2.43 bits per heavy atom. The van der Waals surface area contributed by atoms with E-state index in [1.54, 1.807) is 31.2 Å². The van der Waals surface area contributed by atoms with Crippen molar-refractivity contribution in [1.82, 2.24) is 0 Å². The maximum Gasteiger partial charge on any atom is 0.310 e. The first-order valence-corrected chi connectivity index (χ1v) is 7.97. The van der Waals surface area contributed by atoms with Gasteiger partial charge in [0.05, 0.1) is 17.5 Å². The molecular weight excluding hydrogens is 294 g/mol. The zero-order chi connectivity index (χ0) is 16.1. The summed E-state index contributed by atoms with van der Waals surface area (Å²) < 4.78 is 5.18. The van der Waals surface area contributed by atoms with Crippen LogP contribution in [-0.2, 0) is 14.4 Å². The molecule has 3 aliphatic rings. The summed E-state index contributed by atoms with van der Waals surface area (Å²) in [6.45, 7) is 1.71. The Hall–Kier alpha value is -2.43. The van der Waals surface area contributed by atoms with E-state index in [0.717, 1.165) is 6.42 Å².